The molecule has 2 rings (SSSR count). The van der Waals surface area contributed by atoms with Crippen LogP contribution in [-0.4, -0.2) is 23.6 Å². The molecule has 0 bridgehead atoms. The summed E-state index contributed by atoms with van der Waals surface area (Å²) in [6, 6.07) is 5.99. The molecule has 1 aromatic carbocycles. The molecule has 0 aromatic heterocycles. The summed E-state index contributed by atoms with van der Waals surface area (Å²) in [5, 5.41) is 12.5. The van der Waals surface area contributed by atoms with Gasteiger partial charge in [-0.05, 0) is 44.4 Å². The van der Waals surface area contributed by atoms with E-state index in [-0.39, 0.29) is 5.84 Å². The number of nitrogens with two attached hydrogens (primary N) is 1. The van der Waals surface area contributed by atoms with Crippen LogP contribution < -0.4 is 10.6 Å². The van der Waals surface area contributed by atoms with E-state index in [9.17, 15) is 0 Å². The zero-order valence-electron chi connectivity index (χ0n) is 10.4. The molecule has 5 heteroatoms. The molecule has 0 spiro atoms. The molecule has 18 heavy (non-hydrogen) atoms. The Morgan fingerprint density at radius 1 is 1.50 bits per heavy atom. The van der Waals surface area contributed by atoms with Crippen LogP contribution in [0.5, 0.6) is 0 Å². The minimum absolute atomic E-state index is 0.102. The number of nitrogens with zero attached hydrogens (tertiary/aromatic N) is 2. The monoisotopic (exact) mass is 267 g/mol. The van der Waals surface area contributed by atoms with Gasteiger partial charge in [0.05, 0.1) is 0 Å². The van der Waals surface area contributed by atoms with E-state index in [1.54, 1.807) is 6.07 Å². The first kappa shape index (κ1) is 13.0. The lowest BCUT2D eigenvalue weighted by molar-refractivity contribution is 0.318. The normalized spacial score (nSPS) is 21.1. The van der Waals surface area contributed by atoms with Crippen molar-refractivity contribution in [3.8, 4) is 0 Å². The Kier molecular flexibility index (Phi) is 3.97. The van der Waals surface area contributed by atoms with Gasteiger partial charge in [-0.15, -0.1) is 0 Å². The molecule has 1 atom stereocenters. The van der Waals surface area contributed by atoms with Gasteiger partial charge in [0.1, 0.15) is 0 Å². The van der Waals surface area contributed by atoms with Crippen LogP contribution in [0.2, 0.25) is 5.02 Å². The molecule has 3 N–H and O–H groups in total. The first-order valence-electron chi connectivity index (χ1n) is 6.17. The van der Waals surface area contributed by atoms with E-state index < -0.39 is 0 Å². The van der Waals surface area contributed by atoms with Gasteiger partial charge in [0, 0.05) is 28.9 Å². The van der Waals surface area contributed by atoms with Crippen molar-refractivity contribution in [2.45, 2.75) is 32.2 Å². The maximum absolute atomic E-state index is 8.87. The number of anilines is 1. The summed E-state index contributed by atoms with van der Waals surface area (Å²) in [6.45, 7) is 3.19. The van der Waals surface area contributed by atoms with Crippen molar-refractivity contribution < 1.29 is 5.21 Å². The highest BCUT2D eigenvalue weighted by Crippen LogP contribution is 2.29. The molecule has 0 amide bonds. The molecule has 0 saturated carbocycles. The van der Waals surface area contributed by atoms with Crippen molar-refractivity contribution in [2.75, 3.05) is 11.4 Å². The number of amidine groups is 1. The van der Waals surface area contributed by atoms with Crippen LogP contribution in [-0.2, 0) is 0 Å². The number of oxime groups is 1. The summed E-state index contributed by atoms with van der Waals surface area (Å²) >= 11 is 5.98. The summed E-state index contributed by atoms with van der Waals surface area (Å²) in [7, 11) is 0. The largest absolute Gasteiger partial charge is 0.409 e. The van der Waals surface area contributed by atoms with Crippen molar-refractivity contribution in [3.63, 3.8) is 0 Å². The van der Waals surface area contributed by atoms with Crippen LogP contribution in [0.1, 0.15) is 31.7 Å². The molecule has 1 heterocycles. The fourth-order valence-electron chi connectivity index (χ4n) is 2.47. The maximum Gasteiger partial charge on any atom is 0.172 e. The Labute approximate surface area is 112 Å². The van der Waals surface area contributed by atoms with E-state index in [4.69, 9.17) is 22.5 Å². The predicted octanol–water partition coefficient (Wildman–Crippen LogP) is 2.81. The summed E-state index contributed by atoms with van der Waals surface area (Å²) in [4.78, 5) is 2.30. The molecular formula is C13H18ClN3O. The Morgan fingerprint density at radius 2 is 2.28 bits per heavy atom. The van der Waals surface area contributed by atoms with Gasteiger partial charge in [-0.25, -0.2) is 0 Å². The fourth-order valence-corrected chi connectivity index (χ4v) is 2.65. The lowest BCUT2D eigenvalue weighted by atomic mass is 10.0. The number of halogens is 1. The van der Waals surface area contributed by atoms with Crippen molar-refractivity contribution in [1.82, 2.24) is 0 Å². The van der Waals surface area contributed by atoms with Crippen molar-refractivity contribution in [2.24, 2.45) is 10.9 Å². The topological polar surface area (TPSA) is 61.8 Å². The van der Waals surface area contributed by atoms with E-state index in [0.717, 1.165) is 18.7 Å². The summed E-state index contributed by atoms with van der Waals surface area (Å²) in [5.74, 6) is 0.102. The van der Waals surface area contributed by atoms with Crippen LogP contribution in [0.3, 0.4) is 0 Å². The number of benzene rings is 1. The highest BCUT2D eigenvalue weighted by molar-refractivity contribution is 6.31. The first-order chi connectivity index (χ1) is 8.63. The highest BCUT2D eigenvalue weighted by Gasteiger charge is 2.22. The van der Waals surface area contributed by atoms with Gasteiger partial charge in [-0.2, -0.15) is 0 Å². The molecule has 1 aromatic rings. The van der Waals surface area contributed by atoms with E-state index in [2.05, 4.69) is 17.0 Å². The maximum atomic E-state index is 8.87. The zero-order valence-corrected chi connectivity index (χ0v) is 11.2. The Bertz CT molecular complexity index is 462. The molecule has 1 unspecified atom stereocenters. The lowest BCUT2D eigenvalue weighted by Gasteiger charge is -2.36. The molecule has 1 aliphatic rings. The van der Waals surface area contributed by atoms with Crippen LogP contribution in [0.25, 0.3) is 0 Å². The first-order valence-corrected chi connectivity index (χ1v) is 6.55. The molecule has 98 valence electrons. The standard InChI is InChI=1S/C13H18ClN3O/c1-9-4-2-3-7-17(9)12-6-5-10(14)8-11(12)13(15)16-18/h5-6,8-9,18H,2-4,7H2,1H3,(H2,15,16). The van der Waals surface area contributed by atoms with Crippen molar-refractivity contribution in [3.05, 3.63) is 28.8 Å². The average molecular weight is 268 g/mol. The summed E-state index contributed by atoms with van der Waals surface area (Å²) in [5.41, 5.74) is 7.41. The molecule has 1 aliphatic heterocycles. The quantitative estimate of drug-likeness (QED) is 0.375. The van der Waals surface area contributed by atoms with Crippen molar-refractivity contribution >= 4 is 23.1 Å². The SMILES string of the molecule is CC1CCCCN1c1ccc(Cl)cc1C(N)=NO. The number of piperidine rings is 1. The number of hydrogen-bond acceptors (Lipinski definition) is 3. The van der Waals surface area contributed by atoms with Gasteiger partial charge in [0.15, 0.2) is 5.84 Å². The van der Waals surface area contributed by atoms with E-state index in [0.29, 0.717) is 16.6 Å². The number of hydrogen-bond donors (Lipinski definition) is 2. The second kappa shape index (κ2) is 5.48. The highest BCUT2D eigenvalue weighted by atomic mass is 35.5. The van der Waals surface area contributed by atoms with Gasteiger partial charge in [-0.3, -0.25) is 0 Å². The minimum atomic E-state index is 0.102. The fraction of sp³-hybridized carbons (Fsp3) is 0.462. The van der Waals surface area contributed by atoms with E-state index >= 15 is 0 Å². The lowest BCUT2D eigenvalue weighted by Crippen LogP contribution is -2.38. The summed E-state index contributed by atoms with van der Waals surface area (Å²) in [6.07, 6.45) is 3.59. The third-order valence-corrected chi connectivity index (χ3v) is 3.69. The van der Waals surface area contributed by atoms with Gasteiger partial charge < -0.3 is 15.8 Å². The van der Waals surface area contributed by atoms with Crippen LogP contribution in [0.4, 0.5) is 5.69 Å². The van der Waals surface area contributed by atoms with E-state index in [1.807, 2.05) is 12.1 Å². The minimum Gasteiger partial charge on any atom is -0.409 e. The van der Waals surface area contributed by atoms with E-state index in [1.165, 1.54) is 12.8 Å². The molecular weight excluding hydrogens is 250 g/mol. The van der Waals surface area contributed by atoms with Crippen LogP contribution >= 0.6 is 11.6 Å². The second-order valence-corrected chi connectivity index (χ2v) is 5.12. The van der Waals surface area contributed by atoms with Gasteiger partial charge >= 0.3 is 0 Å². The van der Waals surface area contributed by atoms with Gasteiger partial charge in [-0.1, -0.05) is 16.8 Å². The second-order valence-electron chi connectivity index (χ2n) is 4.68. The van der Waals surface area contributed by atoms with Gasteiger partial charge in [0.2, 0.25) is 0 Å². The smallest absolute Gasteiger partial charge is 0.172 e. The van der Waals surface area contributed by atoms with Gasteiger partial charge in [0.25, 0.3) is 0 Å². The molecule has 4 nitrogen and oxygen atoms in total. The van der Waals surface area contributed by atoms with Crippen LogP contribution in [0, 0.1) is 0 Å². The average Bonchev–Trinajstić information content (AvgIpc) is 2.39. The third-order valence-electron chi connectivity index (χ3n) is 3.45. The Hall–Kier alpha value is -1.42. The zero-order chi connectivity index (χ0) is 13.1. The molecule has 1 fully saturated rings. The third kappa shape index (κ3) is 2.53. The van der Waals surface area contributed by atoms with Crippen LogP contribution in [0.15, 0.2) is 23.4 Å². The Balaban J connectivity index is 2.42. The number of rotatable bonds is 2. The van der Waals surface area contributed by atoms with Crippen molar-refractivity contribution in [1.29, 1.82) is 0 Å². The predicted molar refractivity (Wildman–Crippen MR) is 74.6 cm³/mol. The summed E-state index contributed by atoms with van der Waals surface area (Å²) < 4.78 is 0. The molecule has 1 saturated heterocycles. The molecule has 0 aliphatic carbocycles. The molecule has 0 radical (unpaired) electrons. The Morgan fingerprint density at radius 3 is 2.94 bits per heavy atom.